The van der Waals surface area contributed by atoms with Crippen molar-refractivity contribution in [2.24, 2.45) is 0 Å². The number of carbonyl (C=O) groups excluding carboxylic acids is 2. The summed E-state index contributed by atoms with van der Waals surface area (Å²) in [6, 6.07) is 10.6. The number of nitrogens with zero attached hydrogens (tertiary/aromatic N) is 1. The summed E-state index contributed by atoms with van der Waals surface area (Å²) in [7, 11) is 0. The van der Waals surface area contributed by atoms with E-state index in [-0.39, 0.29) is 30.8 Å². The summed E-state index contributed by atoms with van der Waals surface area (Å²) in [5.41, 5.74) is 1.62. The van der Waals surface area contributed by atoms with Gasteiger partial charge in [0.2, 0.25) is 11.8 Å². The largest absolute Gasteiger partial charge is 0.486 e. The zero-order valence-electron chi connectivity index (χ0n) is 20.0. The summed E-state index contributed by atoms with van der Waals surface area (Å²) in [4.78, 5) is 28.5. The van der Waals surface area contributed by atoms with Gasteiger partial charge in [0.25, 0.3) is 0 Å². The van der Waals surface area contributed by atoms with Crippen molar-refractivity contribution in [3.63, 3.8) is 0 Å². The molecule has 6 nitrogen and oxygen atoms in total. The monoisotopic (exact) mass is 518 g/mol. The van der Waals surface area contributed by atoms with Gasteiger partial charge in [-0.3, -0.25) is 9.59 Å². The lowest BCUT2D eigenvalue weighted by molar-refractivity contribution is -0.141. The molecule has 0 unspecified atom stereocenters. The molecular formula is C27H32Cl2N2O4. The van der Waals surface area contributed by atoms with Crippen molar-refractivity contribution in [3.05, 3.63) is 57.6 Å². The maximum absolute atomic E-state index is 13.6. The van der Waals surface area contributed by atoms with E-state index in [1.165, 1.54) is 0 Å². The Morgan fingerprint density at radius 1 is 1.06 bits per heavy atom. The van der Waals surface area contributed by atoms with Gasteiger partial charge >= 0.3 is 0 Å². The first kappa shape index (κ1) is 25.6. The van der Waals surface area contributed by atoms with Crippen LogP contribution in [0.2, 0.25) is 10.0 Å². The van der Waals surface area contributed by atoms with Gasteiger partial charge in [-0.1, -0.05) is 55.1 Å². The van der Waals surface area contributed by atoms with Crippen LogP contribution < -0.4 is 14.8 Å². The Morgan fingerprint density at radius 2 is 1.74 bits per heavy atom. The van der Waals surface area contributed by atoms with E-state index < -0.39 is 6.04 Å². The van der Waals surface area contributed by atoms with Crippen LogP contribution in [0.4, 0.5) is 0 Å². The first-order chi connectivity index (χ1) is 17.0. The van der Waals surface area contributed by atoms with Gasteiger partial charge in [0, 0.05) is 34.6 Å². The highest BCUT2D eigenvalue weighted by Crippen LogP contribution is 2.32. The van der Waals surface area contributed by atoms with Gasteiger partial charge in [0.15, 0.2) is 11.5 Å². The molecule has 2 amide bonds. The first-order valence-corrected chi connectivity index (χ1v) is 13.1. The Morgan fingerprint density at radius 3 is 2.43 bits per heavy atom. The molecule has 1 N–H and O–H groups in total. The van der Waals surface area contributed by atoms with Gasteiger partial charge in [-0.25, -0.2) is 0 Å². The van der Waals surface area contributed by atoms with Crippen molar-refractivity contribution >= 4 is 35.0 Å². The predicted octanol–water partition coefficient (Wildman–Crippen LogP) is 5.56. The zero-order valence-corrected chi connectivity index (χ0v) is 21.5. The molecule has 2 aromatic carbocycles. The summed E-state index contributed by atoms with van der Waals surface area (Å²) in [6.07, 6.45) is 5.46. The van der Waals surface area contributed by atoms with Crippen LogP contribution in [0, 0.1) is 0 Å². The van der Waals surface area contributed by atoms with E-state index in [4.69, 9.17) is 32.7 Å². The lowest BCUT2D eigenvalue weighted by atomic mass is 10.0. The van der Waals surface area contributed by atoms with E-state index in [1.807, 2.05) is 25.1 Å². The molecule has 0 radical (unpaired) electrons. The maximum atomic E-state index is 13.6. The molecule has 188 valence electrons. The third-order valence-electron chi connectivity index (χ3n) is 6.71. The van der Waals surface area contributed by atoms with E-state index in [2.05, 4.69) is 5.32 Å². The molecule has 1 heterocycles. The molecule has 2 aliphatic rings. The molecule has 8 heteroatoms. The van der Waals surface area contributed by atoms with Gasteiger partial charge in [0.05, 0.1) is 0 Å². The van der Waals surface area contributed by atoms with E-state index in [9.17, 15) is 9.59 Å². The summed E-state index contributed by atoms with van der Waals surface area (Å²) >= 11 is 12.9. The number of halogens is 2. The van der Waals surface area contributed by atoms with Crippen molar-refractivity contribution in [1.29, 1.82) is 0 Å². The van der Waals surface area contributed by atoms with E-state index >= 15 is 0 Å². The maximum Gasteiger partial charge on any atom is 0.243 e. The molecule has 0 bridgehead atoms. The quantitative estimate of drug-likeness (QED) is 0.471. The van der Waals surface area contributed by atoms with Crippen molar-refractivity contribution in [3.8, 4) is 11.5 Å². The normalized spacial score (nSPS) is 16.1. The summed E-state index contributed by atoms with van der Waals surface area (Å²) in [5, 5.41) is 4.12. The number of ether oxygens (including phenoxy) is 2. The van der Waals surface area contributed by atoms with Crippen LogP contribution in [-0.2, 0) is 22.6 Å². The molecule has 1 aliphatic carbocycles. The fourth-order valence-corrected chi connectivity index (χ4v) is 5.30. The smallest absolute Gasteiger partial charge is 0.243 e. The van der Waals surface area contributed by atoms with Crippen molar-refractivity contribution in [1.82, 2.24) is 10.2 Å². The minimum atomic E-state index is -0.601. The van der Waals surface area contributed by atoms with Crippen LogP contribution in [0.3, 0.4) is 0 Å². The van der Waals surface area contributed by atoms with Crippen LogP contribution in [0.15, 0.2) is 36.4 Å². The average molecular weight is 519 g/mol. The minimum absolute atomic E-state index is 0.116. The molecule has 1 saturated carbocycles. The molecule has 2 aromatic rings. The molecule has 0 spiro atoms. The third kappa shape index (κ3) is 6.42. The zero-order chi connectivity index (χ0) is 24.8. The molecule has 1 fully saturated rings. The number of nitrogens with one attached hydrogen (secondary N) is 1. The Bertz CT molecular complexity index is 1040. The standard InChI is InChI=1S/C27H32Cl2N2O4/c1-2-23(27(33)30-19-6-3-4-7-19)31(17-20-21(28)8-5-9-22(20)29)26(32)13-11-18-10-12-24-25(16-18)35-15-14-34-24/h5,8-10,12,16,19,23H,2-4,6-7,11,13-15,17H2,1H3,(H,30,33)/t23-/m1/s1. The van der Waals surface area contributed by atoms with Crippen LogP contribution in [-0.4, -0.2) is 42.0 Å². The second-order valence-corrected chi connectivity index (χ2v) is 9.93. The van der Waals surface area contributed by atoms with Gasteiger partial charge in [0.1, 0.15) is 19.3 Å². The van der Waals surface area contributed by atoms with E-state index in [1.54, 1.807) is 23.1 Å². The lowest BCUT2D eigenvalue weighted by Crippen LogP contribution is -2.51. The second kappa shape index (κ2) is 12.0. The number of hydrogen-bond donors (Lipinski definition) is 1. The third-order valence-corrected chi connectivity index (χ3v) is 7.42. The average Bonchev–Trinajstić information content (AvgIpc) is 3.37. The highest BCUT2D eigenvalue weighted by molar-refractivity contribution is 6.36. The predicted molar refractivity (Wildman–Crippen MR) is 137 cm³/mol. The molecule has 4 rings (SSSR count). The number of benzene rings is 2. The first-order valence-electron chi connectivity index (χ1n) is 12.4. The molecular weight excluding hydrogens is 487 g/mol. The summed E-state index contributed by atoms with van der Waals surface area (Å²) < 4.78 is 11.3. The fourth-order valence-electron chi connectivity index (χ4n) is 4.78. The second-order valence-electron chi connectivity index (χ2n) is 9.11. The molecule has 1 aliphatic heterocycles. The Hall–Kier alpha value is -2.44. The highest BCUT2D eigenvalue weighted by Gasteiger charge is 2.31. The molecule has 1 atom stereocenters. The molecule has 0 saturated heterocycles. The van der Waals surface area contributed by atoms with Crippen LogP contribution in [0.1, 0.15) is 56.6 Å². The molecule has 35 heavy (non-hydrogen) atoms. The summed E-state index contributed by atoms with van der Waals surface area (Å²) in [6.45, 7) is 3.14. The number of rotatable bonds is 9. The van der Waals surface area contributed by atoms with E-state index in [0.717, 1.165) is 37.0 Å². The minimum Gasteiger partial charge on any atom is -0.486 e. The Balaban J connectivity index is 1.52. The van der Waals surface area contributed by atoms with Crippen molar-refractivity contribution in [2.45, 2.75) is 70.5 Å². The number of fused-ring (bicyclic) bond motifs is 1. The number of amides is 2. The fraction of sp³-hybridized carbons (Fsp3) is 0.481. The SMILES string of the molecule is CC[C@H](C(=O)NC1CCCC1)N(Cc1c(Cl)cccc1Cl)C(=O)CCc1ccc2c(c1)OCCO2. The molecule has 0 aromatic heterocycles. The van der Waals surface area contributed by atoms with Gasteiger partial charge < -0.3 is 19.7 Å². The van der Waals surface area contributed by atoms with Crippen molar-refractivity contribution in [2.75, 3.05) is 13.2 Å². The van der Waals surface area contributed by atoms with Crippen LogP contribution in [0.5, 0.6) is 11.5 Å². The van der Waals surface area contributed by atoms with Crippen molar-refractivity contribution < 1.29 is 19.1 Å². The topological polar surface area (TPSA) is 67.9 Å². The number of carbonyl (C=O) groups is 2. The Kier molecular flexibility index (Phi) is 8.79. The number of hydrogen-bond acceptors (Lipinski definition) is 4. The van der Waals surface area contributed by atoms with Crippen LogP contribution in [0.25, 0.3) is 0 Å². The van der Waals surface area contributed by atoms with E-state index in [0.29, 0.717) is 47.4 Å². The van der Waals surface area contributed by atoms with Gasteiger partial charge in [-0.2, -0.15) is 0 Å². The van der Waals surface area contributed by atoms with Gasteiger partial charge in [-0.05, 0) is 55.5 Å². The van der Waals surface area contributed by atoms with Crippen LogP contribution >= 0.6 is 23.2 Å². The highest BCUT2D eigenvalue weighted by atomic mass is 35.5. The summed E-state index contributed by atoms with van der Waals surface area (Å²) in [5.74, 6) is 1.18. The number of aryl methyl sites for hydroxylation is 1. The lowest BCUT2D eigenvalue weighted by Gasteiger charge is -2.32. The Labute approximate surface area is 216 Å². The van der Waals surface area contributed by atoms with Gasteiger partial charge in [-0.15, -0.1) is 0 Å².